The van der Waals surface area contributed by atoms with Gasteiger partial charge in [0.25, 0.3) is 0 Å². The minimum Gasteiger partial charge on any atom is -0.494 e. The molecule has 146 valence electrons. The van der Waals surface area contributed by atoms with E-state index in [0.29, 0.717) is 19.6 Å². The molecule has 1 aromatic heterocycles. The second kappa shape index (κ2) is 8.74. The number of aryl methyl sites for hydroxylation is 1. The van der Waals surface area contributed by atoms with Crippen molar-refractivity contribution < 1.29 is 9.53 Å². The van der Waals surface area contributed by atoms with E-state index in [2.05, 4.69) is 5.10 Å². The second-order valence-corrected chi connectivity index (χ2v) is 6.90. The topological polar surface area (TPSA) is 47.4 Å². The third kappa shape index (κ3) is 4.42. The van der Waals surface area contributed by atoms with Gasteiger partial charge in [-0.3, -0.25) is 4.79 Å². The molecule has 28 heavy (non-hydrogen) atoms. The molecule has 0 radical (unpaired) electrons. The summed E-state index contributed by atoms with van der Waals surface area (Å²) in [4.78, 5) is 14.6. The third-order valence-electron chi connectivity index (χ3n) is 4.85. The Kier molecular flexibility index (Phi) is 6.14. The number of rotatable bonds is 7. The predicted molar refractivity (Wildman–Crippen MR) is 111 cm³/mol. The fourth-order valence-corrected chi connectivity index (χ4v) is 3.26. The zero-order valence-corrected chi connectivity index (χ0v) is 17.0. The van der Waals surface area contributed by atoms with Crippen LogP contribution in [0.1, 0.15) is 29.4 Å². The van der Waals surface area contributed by atoms with Gasteiger partial charge in [-0.1, -0.05) is 30.3 Å². The first-order valence-corrected chi connectivity index (χ1v) is 9.55. The van der Waals surface area contributed by atoms with Crippen molar-refractivity contribution in [2.75, 3.05) is 13.7 Å². The minimum atomic E-state index is 0.0766. The van der Waals surface area contributed by atoms with Crippen LogP contribution in [-0.4, -0.2) is 34.2 Å². The fourth-order valence-electron chi connectivity index (χ4n) is 3.26. The van der Waals surface area contributed by atoms with E-state index in [1.54, 1.807) is 4.90 Å². The molecule has 3 aromatic rings. The van der Waals surface area contributed by atoms with Gasteiger partial charge >= 0.3 is 0 Å². The molecule has 5 nitrogen and oxygen atoms in total. The van der Waals surface area contributed by atoms with Crippen LogP contribution in [-0.2, 0) is 17.8 Å². The average Bonchev–Trinajstić information content (AvgIpc) is 2.98. The molecule has 0 aliphatic heterocycles. The Balaban J connectivity index is 1.69. The lowest BCUT2D eigenvalue weighted by atomic mass is 10.1. The van der Waals surface area contributed by atoms with Crippen molar-refractivity contribution in [3.05, 3.63) is 77.1 Å². The van der Waals surface area contributed by atoms with Crippen molar-refractivity contribution in [2.24, 2.45) is 0 Å². The van der Waals surface area contributed by atoms with Gasteiger partial charge in [-0.15, -0.1) is 0 Å². The predicted octanol–water partition coefficient (Wildman–Crippen LogP) is 4.09. The summed E-state index contributed by atoms with van der Waals surface area (Å²) in [7, 11) is 1.84. The van der Waals surface area contributed by atoms with E-state index in [4.69, 9.17) is 4.74 Å². The maximum atomic E-state index is 12.8. The first-order chi connectivity index (χ1) is 13.5. The quantitative estimate of drug-likeness (QED) is 0.623. The lowest BCUT2D eigenvalue weighted by molar-refractivity contribution is -0.129. The lowest BCUT2D eigenvalue weighted by Gasteiger charge is -2.18. The van der Waals surface area contributed by atoms with Crippen molar-refractivity contribution in [2.45, 2.75) is 33.7 Å². The summed E-state index contributed by atoms with van der Waals surface area (Å²) in [5.41, 5.74) is 4.97. The largest absolute Gasteiger partial charge is 0.494 e. The van der Waals surface area contributed by atoms with Gasteiger partial charge < -0.3 is 9.64 Å². The molecule has 0 aliphatic carbocycles. The Morgan fingerprint density at radius 2 is 1.75 bits per heavy atom. The maximum Gasteiger partial charge on any atom is 0.227 e. The Morgan fingerprint density at radius 1 is 1.07 bits per heavy atom. The smallest absolute Gasteiger partial charge is 0.227 e. The highest BCUT2D eigenvalue weighted by Gasteiger charge is 2.18. The monoisotopic (exact) mass is 377 g/mol. The summed E-state index contributed by atoms with van der Waals surface area (Å²) >= 11 is 0. The molecule has 1 amide bonds. The van der Waals surface area contributed by atoms with E-state index in [9.17, 15) is 4.79 Å². The number of carbonyl (C=O) groups is 1. The number of amides is 1. The Hall–Kier alpha value is -3.08. The normalized spacial score (nSPS) is 10.7. The van der Waals surface area contributed by atoms with Crippen LogP contribution in [0.5, 0.6) is 5.75 Å². The van der Waals surface area contributed by atoms with Gasteiger partial charge in [-0.25, -0.2) is 4.68 Å². The molecule has 3 rings (SSSR count). The number of nitrogens with zero attached hydrogens (tertiary/aromatic N) is 3. The van der Waals surface area contributed by atoms with Crippen molar-refractivity contribution in [1.82, 2.24) is 14.7 Å². The number of para-hydroxylation sites is 1. The van der Waals surface area contributed by atoms with Gasteiger partial charge in [0.05, 0.1) is 24.4 Å². The number of aromatic nitrogens is 2. The highest BCUT2D eigenvalue weighted by atomic mass is 16.5. The van der Waals surface area contributed by atoms with Gasteiger partial charge in [-0.05, 0) is 50.6 Å². The van der Waals surface area contributed by atoms with Crippen LogP contribution in [0.25, 0.3) is 5.69 Å². The van der Waals surface area contributed by atoms with Crippen LogP contribution >= 0.6 is 0 Å². The maximum absolute atomic E-state index is 12.8. The molecule has 5 heteroatoms. The molecular weight excluding hydrogens is 350 g/mol. The van der Waals surface area contributed by atoms with Gasteiger partial charge in [0, 0.05) is 24.8 Å². The third-order valence-corrected chi connectivity index (χ3v) is 4.85. The SMILES string of the molecule is CCOc1ccc(CN(C)C(=O)Cc2c(C)nn(-c3ccccc3)c2C)cc1. The van der Waals surface area contributed by atoms with E-state index < -0.39 is 0 Å². The number of benzene rings is 2. The highest BCUT2D eigenvalue weighted by Crippen LogP contribution is 2.19. The fraction of sp³-hybridized carbons (Fsp3) is 0.304. The molecule has 0 unspecified atom stereocenters. The van der Waals surface area contributed by atoms with E-state index >= 15 is 0 Å². The van der Waals surface area contributed by atoms with Gasteiger partial charge in [0.15, 0.2) is 0 Å². The number of carbonyl (C=O) groups excluding carboxylic acids is 1. The molecule has 0 aliphatic rings. The number of hydrogen-bond donors (Lipinski definition) is 0. The van der Waals surface area contributed by atoms with Crippen LogP contribution in [0.4, 0.5) is 0 Å². The van der Waals surface area contributed by atoms with Crippen LogP contribution < -0.4 is 4.74 Å². The molecule has 1 heterocycles. The molecule has 0 spiro atoms. The number of hydrogen-bond acceptors (Lipinski definition) is 3. The van der Waals surface area contributed by atoms with E-state index in [-0.39, 0.29) is 5.91 Å². The first-order valence-electron chi connectivity index (χ1n) is 9.55. The zero-order valence-electron chi connectivity index (χ0n) is 17.0. The van der Waals surface area contributed by atoms with Gasteiger partial charge in [0.1, 0.15) is 5.75 Å². The van der Waals surface area contributed by atoms with E-state index in [1.165, 1.54) is 0 Å². The van der Waals surface area contributed by atoms with Gasteiger partial charge in [-0.2, -0.15) is 5.10 Å². The Morgan fingerprint density at radius 3 is 2.39 bits per heavy atom. The minimum absolute atomic E-state index is 0.0766. The first kappa shape index (κ1) is 19.7. The Bertz CT molecular complexity index is 930. The number of likely N-dealkylation sites (N-methyl/N-ethyl adjacent to an activating group) is 1. The summed E-state index contributed by atoms with van der Waals surface area (Å²) in [6, 6.07) is 17.9. The average molecular weight is 377 g/mol. The molecular formula is C23H27N3O2. The molecule has 0 N–H and O–H groups in total. The van der Waals surface area contributed by atoms with Crippen LogP contribution in [0.15, 0.2) is 54.6 Å². The second-order valence-electron chi connectivity index (χ2n) is 6.90. The summed E-state index contributed by atoms with van der Waals surface area (Å²) in [6.45, 7) is 7.15. The van der Waals surface area contributed by atoms with Crippen LogP contribution in [0, 0.1) is 13.8 Å². The molecule has 0 saturated heterocycles. The van der Waals surface area contributed by atoms with Crippen molar-refractivity contribution in [3.8, 4) is 11.4 Å². The van der Waals surface area contributed by atoms with E-state index in [1.807, 2.05) is 87.1 Å². The van der Waals surface area contributed by atoms with Crippen LogP contribution in [0.3, 0.4) is 0 Å². The summed E-state index contributed by atoms with van der Waals surface area (Å²) in [5.74, 6) is 0.924. The Labute approximate surface area is 166 Å². The zero-order chi connectivity index (χ0) is 20.1. The molecule has 0 atom stereocenters. The van der Waals surface area contributed by atoms with Crippen molar-refractivity contribution >= 4 is 5.91 Å². The number of ether oxygens (including phenoxy) is 1. The molecule has 0 fully saturated rings. The summed E-state index contributed by atoms with van der Waals surface area (Å²) in [5, 5.41) is 4.64. The molecule has 0 bridgehead atoms. The highest BCUT2D eigenvalue weighted by molar-refractivity contribution is 5.79. The molecule has 0 saturated carbocycles. The van der Waals surface area contributed by atoms with Crippen molar-refractivity contribution in [1.29, 1.82) is 0 Å². The summed E-state index contributed by atoms with van der Waals surface area (Å²) in [6.07, 6.45) is 0.345. The van der Waals surface area contributed by atoms with Gasteiger partial charge in [0.2, 0.25) is 5.91 Å². The lowest BCUT2D eigenvalue weighted by Crippen LogP contribution is -2.28. The standard InChI is InChI=1S/C23H27N3O2/c1-5-28-21-13-11-19(12-14-21)16-25(4)23(27)15-22-17(2)24-26(18(22)3)20-9-7-6-8-10-20/h6-14H,5,15-16H2,1-4H3. The summed E-state index contributed by atoms with van der Waals surface area (Å²) < 4.78 is 7.37. The van der Waals surface area contributed by atoms with E-state index in [0.717, 1.165) is 34.0 Å². The van der Waals surface area contributed by atoms with Crippen LogP contribution in [0.2, 0.25) is 0 Å². The van der Waals surface area contributed by atoms with Crippen molar-refractivity contribution in [3.63, 3.8) is 0 Å². The molecule has 2 aromatic carbocycles.